The number of anilines is 1. The van der Waals surface area contributed by atoms with Crippen LogP contribution in [-0.2, 0) is 11.3 Å². The van der Waals surface area contributed by atoms with Gasteiger partial charge in [0.1, 0.15) is 22.8 Å². The van der Waals surface area contributed by atoms with Crippen LogP contribution in [0.4, 0.5) is 5.69 Å². The van der Waals surface area contributed by atoms with E-state index in [0.717, 1.165) is 48.6 Å². The second-order valence-corrected chi connectivity index (χ2v) is 9.37. The van der Waals surface area contributed by atoms with Gasteiger partial charge in [-0.1, -0.05) is 23.7 Å². The van der Waals surface area contributed by atoms with Crippen molar-refractivity contribution in [3.05, 3.63) is 65.3 Å². The van der Waals surface area contributed by atoms with Gasteiger partial charge >= 0.3 is 0 Å². The van der Waals surface area contributed by atoms with E-state index >= 15 is 0 Å². The summed E-state index contributed by atoms with van der Waals surface area (Å²) in [5.74, 6) is 1.96. The smallest absolute Gasteiger partial charge is 0.257 e. The van der Waals surface area contributed by atoms with Crippen molar-refractivity contribution >= 4 is 34.4 Å². The molecule has 0 radical (unpaired) electrons. The maximum absolute atomic E-state index is 11.4. The molecule has 0 aliphatic carbocycles. The third-order valence-corrected chi connectivity index (χ3v) is 6.72. The van der Waals surface area contributed by atoms with Crippen molar-refractivity contribution < 1.29 is 14.3 Å². The standard InChI is InChI=1S/C27H29ClN6O3/c1-29-23(35)16-37-21-9-5-18(6-10-21)26-32-25-24(22(28)13-30-27(25)33-26)31-19-11-12-34(15-19)14-17-3-7-20(36-2)8-4-17/h3-10,13,19H,11-12,14-16H2,1-2H3,(H,29,35)(H2,30,31,32,33)/t19-/m0/s1. The monoisotopic (exact) mass is 520 g/mol. The summed E-state index contributed by atoms with van der Waals surface area (Å²) in [7, 11) is 3.25. The summed E-state index contributed by atoms with van der Waals surface area (Å²) in [5, 5.41) is 6.71. The van der Waals surface area contributed by atoms with E-state index < -0.39 is 0 Å². The minimum atomic E-state index is -0.185. The molecule has 0 saturated carbocycles. The second-order valence-electron chi connectivity index (χ2n) is 8.96. The number of carbonyl (C=O) groups is 1. The number of benzene rings is 2. The van der Waals surface area contributed by atoms with E-state index in [9.17, 15) is 4.79 Å². The highest BCUT2D eigenvalue weighted by Gasteiger charge is 2.24. The van der Waals surface area contributed by atoms with Crippen LogP contribution in [0.3, 0.4) is 0 Å². The highest BCUT2D eigenvalue weighted by atomic mass is 35.5. The number of amides is 1. The normalized spacial score (nSPS) is 15.6. The Morgan fingerprint density at radius 2 is 1.92 bits per heavy atom. The fourth-order valence-electron chi connectivity index (χ4n) is 4.43. The minimum absolute atomic E-state index is 0.0311. The van der Waals surface area contributed by atoms with Gasteiger partial charge in [0.2, 0.25) is 0 Å². The summed E-state index contributed by atoms with van der Waals surface area (Å²) >= 11 is 6.58. The van der Waals surface area contributed by atoms with E-state index in [-0.39, 0.29) is 18.6 Å². The molecule has 10 heteroatoms. The molecule has 4 aromatic rings. The van der Waals surface area contributed by atoms with E-state index in [1.165, 1.54) is 5.56 Å². The number of aromatic nitrogens is 3. The molecule has 2 aromatic carbocycles. The van der Waals surface area contributed by atoms with Gasteiger partial charge in [-0.15, -0.1) is 0 Å². The molecule has 2 aromatic heterocycles. The Balaban J connectivity index is 1.27. The van der Waals surface area contributed by atoms with Crippen LogP contribution < -0.4 is 20.1 Å². The number of pyridine rings is 1. The van der Waals surface area contributed by atoms with Gasteiger partial charge in [0.15, 0.2) is 12.3 Å². The van der Waals surface area contributed by atoms with Crippen LogP contribution in [0.1, 0.15) is 12.0 Å². The van der Waals surface area contributed by atoms with Crippen LogP contribution in [0, 0.1) is 0 Å². The number of likely N-dealkylation sites (N-methyl/N-ethyl adjacent to an activating group) is 1. The lowest BCUT2D eigenvalue weighted by atomic mass is 10.2. The number of aromatic amines is 1. The van der Waals surface area contributed by atoms with E-state index in [1.807, 2.05) is 24.3 Å². The van der Waals surface area contributed by atoms with E-state index in [0.29, 0.717) is 22.2 Å². The largest absolute Gasteiger partial charge is 0.497 e. The number of halogens is 1. The van der Waals surface area contributed by atoms with E-state index in [1.54, 1.807) is 32.5 Å². The zero-order valence-electron chi connectivity index (χ0n) is 20.8. The first-order valence-electron chi connectivity index (χ1n) is 12.1. The topological polar surface area (TPSA) is 104 Å². The quantitative estimate of drug-likeness (QED) is 0.305. The van der Waals surface area contributed by atoms with Gasteiger partial charge in [0.25, 0.3) is 5.91 Å². The van der Waals surface area contributed by atoms with Gasteiger partial charge in [-0.25, -0.2) is 9.97 Å². The molecule has 3 N–H and O–H groups in total. The molecule has 0 bridgehead atoms. The Hall–Kier alpha value is -3.82. The molecule has 37 heavy (non-hydrogen) atoms. The molecule has 0 unspecified atom stereocenters. The summed E-state index contributed by atoms with van der Waals surface area (Å²) in [6.45, 7) is 2.76. The van der Waals surface area contributed by atoms with Gasteiger partial charge in [0, 0.05) is 38.3 Å². The number of methoxy groups -OCH3 is 1. The van der Waals surface area contributed by atoms with Crippen molar-refractivity contribution in [3.63, 3.8) is 0 Å². The molecule has 1 aliphatic heterocycles. The van der Waals surface area contributed by atoms with Crippen molar-refractivity contribution in [1.82, 2.24) is 25.2 Å². The van der Waals surface area contributed by atoms with Crippen molar-refractivity contribution in [3.8, 4) is 22.9 Å². The number of fused-ring (bicyclic) bond motifs is 1. The van der Waals surface area contributed by atoms with Crippen LogP contribution in [-0.4, -0.2) is 65.7 Å². The zero-order valence-corrected chi connectivity index (χ0v) is 21.5. The Labute approximate surface area is 220 Å². The molecule has 1 fully saturated rings. The van der Waals surface area contributed by atoms with E-state index in [4.69, 9.17) is 21.1 Å². The average Bonchev–Trinajstić information content (AvgIpc) is 3.56. The summed E-state index contributed by atoms with van der Waals surface area (Å²) in [4.78, 5) is 26.3. The Kier molecular flexibility index (Phi) is 7.43. The van der Waals surface area contributed by atoms with Crippen LogP contribution in [0.25, 0.3) is 22.6 Å². The van der Waals surface area contributed by atoms with Gasteiger partial charge in [0.05, 0.1) is 24.0 Å². The molecule has 0 spiro atoms. The Morgan fingerprint density at radius 1 is 1.16 bits per heavy atom. The third-order valence-electron chi connectivity index (χ3n) is 6.44. The second kappa shape index (κ2) is 11.1. The SMILES string of the molecule is CNC(=O)COc1ccc(-c2nc3ncc(Cl)c(N[C@H]4CCN(Cc5ccc(OC)cc5)C4)c3[nH]2)cc1. The van der Waals surface area contributed by atoms with Gasteiger partial charge in [-0.3, -0.25) is 9.69 Å². The molecule has 9 nitrogen and oxygen atoms in total. The van der Waals surface area contributed by atoms with Crippen LogP contribution in [0.2, 0.25) is 5.02 Å². The molecule has 192 valence electrons. The first-order chi connectivity index (χ1) is 18.0. The Morgan fingerprint density at radius 3 is 2.65 bits per heavy atom. The molecular weight excluding hydrogens is 492 g/mol. The molecule has 5 rings (SSSR count). The number of rotatable bonds is 9. The number of nitrogens with zero attached hydrogens (tertiary/aromatic N) is 3. The molecule has 1 atom stereocenters. The maximum Gasteiger partial charge on any atom is 0.257 e. The number of imidazole rings is 1. The molecule has 1 amide bonds. The van der Waals surface area contributed by atoms with Gasteiger partial charge in [-0.2, -0.15) is 0 Å². The number of hydrogen-bond donors (Lipinski definition) is 3. The molecule has 1 saturated heterocycles. The van der Waals surface area contributed by atoms with Crippen molar-refractivity contribution in [2.45, 2.75) is 19.0 Å². The lowest BCUT2D eigenvalue weighted by Crippen LogP contribution is -2.26. The molecular formula is C27H29ClN6O3. The number of carbonyl (C=O) groups excluding carboxylic acids is 1. The van der Waals surface area contributed by atoms with Gasteiger partial charge in [-0.05, 0) is 48.4 Å². The summed E-state index contributed by atoms with van der Waals surface area (Å²) < 4.78 is 10.7. The zero-order chi connectivity index (χ0) is 25.8. The summed E-state index contributed by atoms with van der Waals surface area (Å²) in [5.41, 5.74) is 4.31. The average molecular weight is 521 g/mol. The highest BCUT2D eigenvalue weighted by molar-refractivity contribution is 6.34. The number of ether oxygens (including phenoxy) is 2. The van der Waals surface area contributed by atoms with Crippen LogP contribution >= 0.6 is 11.6 Å². The maximum atomic E-state index is 11.4. The van der Waals surface area contributed by atoms with Crippen LogP contribution in [0.5, 0.6) is 11.5 Å². The highest BCUT2D eigenvalue weighted by Crippen LogP contribution is 2.32. The number of H-pyrrole nitrogens is 1. The van der Waals surface area contributed by atoms with Crippen molar-refractivity contribution in [2.24, 2.45) is 0 Å². The molecule has 3 heterocycles. The predicted molar refractivity (Wildman–Crippen MR) is 144 cm³/mol. The fraction of sp³-hybridized carbons (Fsp3) is 0.296. The first-order valence-corrected chi connectivity index (χ1v) is 12.5. The predicted octanol–water partition coefficient (Wildman–Crippen LogP) is 4.10. The number of hydrogen-bond acceptors (Lipinski definition) is 7. The molecule has 1 aliphatic rings. The van der Waals surface area contributed by atoms with Crippen molar-refractivity contribution in [2.75, 3.05) is 39.2 Å². The fourth-order valence-corrected chi connectivity index (χ4v) is 4.63. The lowest BCUT2D eigenvalue weighted by molar-refractivity contribution is -0.122. The van der Waals surface area contributed by atoms with Crippen LogP contribution in [0.15, 0.2) is 54.7 Å². The Bertz CT molecular complexity index is 1370. The minimum Gasteiger partial charge on any atom is -0.497 e. The van der Waals surface area contributed by atoms with Crippen molar-refractivity contribution in [1.29, 1.82) is 0 Å². The first kappa shape index (κ1) is 24.9. The van der Waals surface area contributed by atoms with Gasteiger partial charge < -0.3 is 25.1 Å². The number of likely N-dealkylation sites (tertiary alicyclic amines) is 1. The number of nitrogens with one attached hydrogen (secondary N) is 3. The van der Waals surface area contributed by atoms with E-state index in [2.05, 4.69) is 42.6 Å². The summed E-state index contributed by atoms with van der Waals surface area (Å²) in [6, 6.07) is 15.8. The summed E-state index contributed by atoms with van der Waals surface area (Å²) in [6.07, 6.45) is 2.64. The lowest BCUT2D eigenvalue weighted by Gasteiger charge is -2.18. The third kappa shape index (κ3) is 5.79.